The molecule has 0 aromatic carbocycles. The molecule has 92 valence electrons. The Labute approximate surface area is 110 Å². The Bertz CT molecular complexity index is 323. The minimum absolute atomic E-state index is 0. The molecule has 1 atom stereocenters. The van der Waals surface area contributed by atoms with Crippen molar-refractivity contribution in [2.24, 2.45) is 5.73 Å². The molecule has 0 radical (unpaired) electrons. The molecule has 1 saturated heterocycles. The third-order valence-corrected chi connectivity index (χ3v) is 3.47. The summed E-state index contributed by atoms with van der Waals surface area (Å²) in [5, 5.41) is 1.05. The maximum Gasteiger partial charge on any atom is 0.113 e. The summed E-state index contributed by atoms with van der Waals surface area (Å²) in [5.74, 6) is 0. The van der Waals surface area contributed by atoms with Crippen molar-refractivity contribution in [2.75, 3.05) is 26.2 Å². The number of morpholine rings is 1. The molecule has 0 amide bonds. The molecule has 1 fully saturated rings. The van der Waals surface area contributed by atoms with Gasteiger partial charge < -0.3 is 10.5 Å². The van der Waals surface area contributed by atoms with Gasteiger partial charge in [-0.2, -0.15) is 0 Å². The highest BCUT2D eigenvalue weighted by Gasteiger charge is 2.19. The Morgan fingerprint density at radius 3 is 3.12 bits per heavy atom. The number of nitrogens with zero attached hydrogens (tertiary/aromatic N) is 2. The van der Waals surface area contributed by atoms with Gasteiger partial charge in [0.05, 0.1) is 25.5 Å². The smallest absolute Gasteiger partial charge is 0.113 e. The average molecular weight is 284 g/mol. The quantitative estimate of drug-likeness (QED) is 0.911. The van der Waals surface area contributed by atoms with Crippen LogP contribution in [0.15, 0.2) is 6.20 Å². The monoisotopic (exact) mass is 283 g/mol. The normalized spacial score (nSPS) is 21.8. The van der Waals surface area contributed by atoms with Gasteiger partial charge in [-0.15, -0.1) is 23.7 Å². The minimum Gasteiger partial charge on any atom is -0.374 e. The predicted octanol–water partition coefficient (Wildman–Crippen LogP) is 1.38. The van der Waals surface area contributed by atoms with E-state index in [1.807, 2.05) is 0 Å². The fraction of sp³-hybridized carbons (Fsp3) is 0.667. The van der Waals surface area contributed by atoms with Crippen LogP contribution in [0.5, 0.6) is 0 Å². The van der Waals surface area contributed by atoms with Gasteiger partial charge in [-0.1, -0.05) is 11.6 Å². The van der Waals surface area contributed by atoms with Crippen LogP contribution in [0.4, 0.5) is 0 Å². The largest absolute Gasteiger partial charge is 0.374 e. The lowest BCUT2D eigenvalue weighted by molar-refractivity contribution is -0.0260. The fourth-order valence-electron chi connectivity index (χ4n) is 1.62. The molecular weight excluding hydrogens is 269 g/mol. The molecule has 1 aliphatic heterocycles. The van der Waals surface area contributed by atoms with E-state index >= 15 is 0 Å². The Kier molecular flexibility index (Phi) is 5.96. The Balaban J connectivity index is 0.00000128. The summed E-state index contributed by atoms with van der Waals surface area (Å²) < 4.78 is 6.23. The number of nitrogens with two attached hydrogens (primary N) is 1. The molecule has 1 aromatic rings. The summed E-state index contributed by atoms with van der Waals surface area (Å²) in [6.45, 7) is 3.99. The number of halogens is 2. The average Bonchev–Trinajstić information content (AvgIpc) is 2.64. The summed E-state index contributed by atoms with van der Waals surface area (Å²) in [5.41, 5.74) is 5.58. The maximum absolute atomic E-state index is 5.83. The van der Waals surface area contributed by atoms with E-state index in [2.05, 4.69) is 9.88 Å². The van der Waals surface area contributed by atoms with E-state index < -0.39 is 0 Å². The van der Waals surface area contributed by atoms with Gasteiger partial charge in [-0.3, -0.25) is 4.90 Å². The SMILES string of the molecule is Cl.NCC1CN(Cc2ncc(Cl)s2)CCO1. The number of ether oxygens (including phenoxy) is 1. The van der Waals surface area contributed by atoms with Crippen LogP contribution in [0.2, 0.25) is 4.34 Å². The molecule has 2 N–H and O–H groups in total. The Hall–Kier alpha value is 0.0900. The molecule has 7 heteroatoms. The maximum atomic E-state index is 5.83. The first-order valence-electron chi connectivity index (χ1n) is 4.92. The predicted molar refractivity (Wildman–Crippen MR) is 68.4 cm³/mol. The highest BCUT2D eigenvalue weighted by Crippen LogP contribution is 2.20. The van der Waals surface area contributed by atoms with E-state index in [-0.39, 0.29) is 18.5 Å². The number of thiazole rings is 1. The molecule has 0 aliphatic carbocycles. The number of rotatable bonds is 3. The Morgan fingerprint density at radius 1 is 1.69 bits per heavy atom. The molecule has 0 spiro atoms. The molecule has 1 unspecified atom stereocenters. The molecule has 4 nitrogen and oxygen atoms in total. The summed E-state index contributed by atoms with van der Waals surface area (Å²) in [4.78, 5) is 6.54. The van der Waals surface area contributed by atoms with Gasteiger partial charge >= 0.3 is 0 Å². The molecule has 2 rings (SSSR count). The molecule has 2 heterocycles. The summed E-state index contributed by atoms with van der Waals surface area (Å²) in [6, 6.07) is 0. The highest BCUT2D eigenvalue weighted by molar-refractivity contribution is 7.15. The van der Waals surface area contributed by atoms with Crippen molar-refractivity contribution in [3.8, 4) is 0 Å². The number of aromatic nitrogens is 1. The van der Waals surface area contributed by atoms with Crippen molar-refractivity contribution in [2.45, 2.75) is 12.6 Å². The van der Waals surface area contributed by atoms with Gasteiger partial charge in [0.15, 0.2) is 0 Å². The molecule has 1 aromatic heterocycles. The van der Waals surface area contributed by atoms with Gasteiger partial charge in [0, 0.05) is 19.6 Å². The fourth-order valence-corrected chi connectivity index (χ4v) is 2.62. The van der Waals surface area contributed by atoms with E-state index in [1.54, 1.807) is 6.20 Å². The number of hydrogen-bond acceptors (Lipinski definition) is 5. The first kappa shape index (κ1) is 14.2. The van der Waals surface area contributed by atoms with Gasteiger partial charge in [0.25, 0.3) is 0 Å². The van der Waals surface area contributed by atoms with Gasteiger partial charge in [0.1, 0.15) is 9.34 Å². The summed E-state index contributed by atoms with van der Waals surface area (Å²) >= 11 is 7.36. The van der Waals surface area contributed by atoms with Crippen molar-refractivity contribution in [3.05, 3.63) is 15.5 Å². The summed E-state index contributed by atoms with van der Waals surface area (Å²) in [7, 11) is 0. The second-order valence-electron chi connectivity index (χ2n) is 3.52. The van der Waals surface area contributed by atoms with Crippen molar-refractivity contribution in [3.63, 3.8) is 0 Å². The van der Waals surface area contributed by atoms with Crippen LogP contribution in [0.25, 0.3) is 0 Å². The van der Waals surface area contributed by atoms with E-state index in [1.165, 1.54) is 11.3 Å². The lowest BCUT2D eigenvalue weighted by Gasteiger charge is -2.31. The molecule has 0 bridgehead atoms. The zero-order chi connectivity index (χ0) is 10.7. The highest BCUT2D eigenvalue weighted by atomic mass is 35.5. The second kappa shape index (κ2) is 6.74. The van der Waals surface area contributed by atoms with Crippen LogP contribution >= 0.6 is 35.3 Å². The van der Waals surface area contributed by atoms with E-state index in [0.717, 1.165) is 35.6 Å². The van der Waals surface area contributed by atoms with Crippen molar-refractivity contribution in [1.29, 1.82) is 0 Å². The molecule has 1 aliphatic rings. The zero-order valence-electron chi connectivity index (χ0n) is 8.76. The van der Waals surface area contributed by atoms with E-state index in [4.69, 9.17) is 22.1 Å². The van der Waals surface area contributed by atoms with E-state index in [0.29, 0.717) is 6.54 Å². The lowest BCUT2D eigenvalue weighted by atomic mass is 10.3. The summed E-state index contributed by atoms with van der Waals surface area (Å²) in [6.07, 6.45) is 1.86. The van der Waals surface area contributed by atoms with Crippen LogP contribution < -0.4 is 5.73 Å². The topological polar surface area (TPSA) is 51.4 Å². The van der Waals surface area contributed by atoms with Gasteiger partial charge in [-0.25, -0.2) is 4.98 Å². The van der Waals surface area contributed by atoms with E-state index in [9.17, 15) is 0 Å². The molecule has 16 heavy (non-hydrogen) atoms. The second-order valence-corrected chi connectivity index (χ2v) is 5.27. The van der Waals surface area contributed by atoms with Crippen LogP contribution in [-0.4, -0.2) is 42.2 Å². The molecule has 0 saturated carbocycles. The Morgan fingerprint density at radius 2 is 2.50 bits per heavy atom. The third kappa shape index (κ3) is 3.84. The van der Waals surface area contributed by atoms with Crippen LogP contribution in [0, 0.1) is 0 Å². The minimum atomic E-state index is 0. The van der Waals surface area contributed by atoms with Gasteiger partial charge in [-0.05, 0) is 0 Å². The number of hydrogen-bond donors (Lipinski definition) is 1. The lowest BCUT2D eigenvalue weighted by Crippen LogP contribution is -2.45. The standard InChI is InChI=1S/C9H14ClN3OS.ClH/c10-8-4-12-9(15-8)6-13-1-2-14-7(3-11)5-13;/h4,7H,1-3,5-6,11H2;1H. The third-order valence-electron chi connectivity index (χ3n) is 2.37. The van der Waals surface area contributed by atoms with Gasteiger partial charge in [0.2, 0.25) is 0 Å². The van der Waals surface area contributed by atoms with Crippen LogP contribution in [-0.2, 0) is 11.3 Å². The zero-order valence-corrected chi connectivity index (χ0v) is 11.2. The van der Waals surface area contributed by atoms with Crippen molar-refractivity contribution in [1.82, 2.24) is 9.88 Å². The van der Waals surface area contributed by atoms with Crippen molar-refractivity contribution >= 4 is 35.3 Å². The first-order valence-corrected chi connectivity index (χ1v) is 6.11. The first-order chi connectivity index (χ1) is 7.28. The van der Waals surface area contributed by atoms with Crippen LogP contribution in [0.3, 0.4) is 0 Å². The molecular formula is C9H15Cl2N3OS. The van der Waals surface area contributed by atoms with Crippen LogP contribution in [0.1, 0.15) is 5.01 Å². The van der Waals surface area contributed by atoms with Crippen molar-refractivity contribution < 1.29 is 4.74 Å².